The minimum absolute atomic E-state index is 0.0578. The van der Waals surface area contributed by atoms with E-state index in [-0.39, 0.29) is 24.5 Å². The number of carbonyl (C=O) groups excluding carboxylic acids is 2. The number of hydrogen-bond donors (Lipinski definition) is 1. The average molecular weight is 392 g/mol. The van der Waals surface area contributed by atoms with Gasteiger partial charge in [-0.05, 0) is 39.0 Å². The molecule has 0 radical (unpaired) electrons. The third kappa shape index (κ3) is 4.86. The quantitative estimate of drug-likeness (QED) is 0.707. The molecular weight excluding hydrogens is 358 g/mol. The van der Waals surface area contributed by atoms with Crippen LogP contribution in [0.4, 0.5) is 4.79 Å². The van der Waals surface area contributed by atoms with Gasteiger partial charge in [0.05, 0.1) is 24.6 Å². The Morgan fingerprint density at radius 1 is 1.29 bits per heavy atom. The number of ether oxygens (including phenoxy) is 1. The van der Waals surface area contributed by atoms with Crippen molar-refractivity contribution in [2.45, 2.75) is 89.6 Å². The lowest BCUT2D eigenvalue weighted by atomic mass is 9.79. The summed E-state index contributed by atoms with van der Waals surface area (Å²) in [6, 6.07) is 1.82. The number of amides is 2. The van der Waals surface area contributed by atoms with E-state index in [4.69, 9.17) is 9.26 Å². The molecule has 1 N–H and O–H groups in total. The Morgan fingerprint density at radius 3 is 2.79 bits per heavy atom. The van der Waals surface area contributed by atoms with Gasteiger partial charge in [0, 0.05) is 19.0 Å². The summed E-state index contributed by atoms with van der Waals surface area (Å²) in [5, 5.41) is 7.44. The van der Waals surface area contributed by atoms with Crippen LogP contribution in [0.25, 0.3) is 0 Å². The van der Waals surface area contributed by atoms with E-state index in [0.717, 1.165) is 69.2 Å². The summed E-state index contributed by atoms with van der Waals surface area (Å²) in [7, 11) is 0. The summed E-state index contributed by atoms with van der Waals surface area (Å²) in [6.45, 7) is 4.97. The zero-order chi connectivity index (χ0) is 20.0. The molecule has 1 aromatic rings. The molecule has 1 aromatic heterocycles. The molecule has 2 heterocycles. The zero-order valence-electron chi connectivity index (χ0n) is 17.2. The predicted molar refractivity (Wildman–Crippen MR) is 105 cm³/mol. The Bertz CT molecular complexity index is 666. The van der Waals surface area contributed by atoms with E-state index in [2.05, 4.69) is 17.4 Å². The number of aryl methyl sites for hydroxylation is 1. The van der Waals surface area contributed by atoms with Crippen LogP contribution < -0.4 is 5.32 Å². The first-order valence-corrected chi connectivity index (χ1v) is 10.8. The summed E-state index contributed by atoms with van der Waals surface area (Å²) in [6.07, 6.45) is 8.76. The number of esters is 1. The van der Waals surface area contributed by atoms with Crippen molar-refractivity contribution in [1.29, 1.82) is 0 Å². The molecule has 0 aromatic carbocycles. The molecule has 2 aliphatic rings. The molecule has 1 saturated carbocycles. The van der Waals surface area contributed by atoms with Crippen molar-refractivity contribution >= 4 is 12.0 Å². The fourth-order valence-electron chi connectivity index (χ4n) is 4.53. The Labute approximate surface area is 167 Å². The van der Waals surface area contributed by atoms with E-state index >= 15 is 0 Å². The average Bonchev–Trinajstić information content (AvgIpc) is 3.31. The molecule has 1 aliphatic carbocycles. The van der Waals surface area contributed by atoms with Crippen molar-refractivity contribution in [2.75, 3.05) is 13.2 Å². The highest BCUT2D eigenvalue weighted by Crippen LogP contribution is 2.35. The second-order valence-corrected chi connectivity index (χ2v) is 8.07. The summed E-state index contributed by atoms with van der Waals surface area (Å²) < 4.78 is 10.6. The monoisotopic (exact) mass is 391 g/mol. The molecule has 1 aliphatic heterocycles. The van der Waals surface area contributed by atoms with Crippen molar-refractivity contribution in [1.82, 2.24) is 15.4 Å². The van der Waals surface area contributed by atoms with Crippen LogP contribution in [0.2, 0.25) is 0 Å². The van der Waals surface area contributed by atoms with Crippen LogP contribution in [0.1, 0.15) is 89.1 Å². The van der Waals surface area contributed by atoms with E-state index in [1.165, 1.54) is 0 Å². The van der Waals surface area contributed by atoms with Crippen molar-refractivity contribution in [2.24, 2.45) is 0 Å². The maximum atomic E-state index is 13.2. The second kappa shape index (κ2) is 9.43. The zero-order valence-corrected chi connectivity index (χ0v) is 17.2. The molecule has 2 fully saturated rings. The van der Waals surface area contributed by atoms with Gasteiger partial charge in [-0.2, -0.15) is 0 Å². The van der Waals surface area contributed by atoms with Crippen LogP contribution in [0, 0.1) is 0 Å². The minimum Gasteiger partial charge on any atom is -0.466 e. The van der Waals surface area contributed by atoms with Gasteiger partial charge < -0.3 is 19.5 Å². The lowest BCUT2D eigenvalue weighted by Gasteiger charge is -2.39. The summed E-state index contributed by atoms with van der Waals surface area (Å²) >= 11 is 0. The predicted octanol–water partition coefficient (Wildman–Crippen LogP) is 4.13. The topological polar surface area (TPSA) is 84.7 Å². The lowest BCUT2D eigenvalue weighted by molar-refractivity contribution is -0.145. The third-order valence-electron chi connectivity index (χ3n) is 5.90. The number of nitrogens with zero attached hydrogens (tertiary/aromatic N) is 2. The number of likely N-dealkylation sites (tertiary alicyclic amines) is 1. The van der Waals surface area contributed by atoms with Crippen LogP contribution in [0.5, 0.6) is 0 Å². The molecule has 1 saturated heterocycles. The Kier molecular flexibility index (Phi) is 6.97. The van der Waals surface area contributed by atoms with Crippen LogP contribution in [0.3, 0.4) is 0 Å². The van der Waals surface area contributed by atoms with E-state index in [1.807, 2.05) is 17.9 Å². The highest BCUT2D eigenvalue weighted by atomic mass is 16.5. The van der Waals surface area contributed by atoms with Gasteiger partial charge in [-0.3, -0.25) is 4.79 Å². The molecule has 3 rings (SSSR count). The van der Waals surface area contributed by atoms with Crippen molar-refractivity contribution in [3.05, 3.63) is 17.5 Å². The molecule has 1 unspecified atom stereocenters. The number of aromatic nitrogens is 1. The molecule has 1 atom stereocenters. The standard InChI is InChI=1S/C21H33N3O4/c1-3-9-16-14-17(23-28-16)18-10-8-13-24(18)20(26)22-21(11-6-5-7-12-21)15-19(25)27-4-2/h14,18H,3-13,15H2,1-2H3,(H,22,26). The molecule has 0 spiro atoms. The summed E-state index contributed by atoms with van der Waals surface area (Å²) in [4.78, 5) is 27.2. The highest BCUT2D eigenvalue weighted by Gasteiger charge is 2.40. The number of rotatable bonds is 7. The molecule has 7 heteroatoms. The van der Waals surface area contributed by atoms with Crippen molar-refractivity contribution in [3.63, 3.8) is 0 Å². The Morgan fingerprint density at radius 2 is 2.07 bits per heavy atom. The van der Waals surface area contributed by atoms with Gasteiger partial charge in [0.15, 0.2) is 0 Å². The number of hydrogen-bond acceptors (Lipinski definition) is 5. The van der Waals surface area contributed by atoms with E-state index in [9.17, 15) is 9.59 Å². The smallest absolute Gasteiger partial charge is 0.318 e. The van der Waals surface area contributed by atoms with Gasteiger partial charge in [-0.1, -0.05) is 31.3 Å². The van der Waals surface area contributed by atoms with Crippen LogP contribution in [-0.4, -0.2) is 40.7 Å². The maximum absolute atomic E-state index is 13.2. The van der Waals surface area contributed by atoms with Gasteiger partial charge in [0.25, 0.3) is 0 Å². The molecule has 28 heavy (non-hydrogen) atoms. The molecule has 7 nitrogen and oxygen atoms in total. The first-order valence-electron chi connectivity index (χ1n) is 10.8. The number of urea groups is 1. The molecule has 2 amide bonds. The first kappa shape index (κ1) is 20.7. The largest absolute Gasteiger partial charge is 0.466 e. The van der Waals surface area contributed by atoms with E-state index < -0.39 is 5.54 Å². The fraction of sp³-hybridized carbons (Fsp3) is 0.762. The van der Waals surface area contributed by atoms with E-state index in [0.29, 0.717) is 13.2 Å². The van der Waals surface area contributed by atoms with Crippen molar-refractivity contribution in [3.8, 4) is 0 Å². The van der Waals surface area contributed by atoms with Gasteiger partial charge >= 0.3 is 12.0 Å². The lowest BCUT2D eigenvalue weighted by Crippen LogP contribution is -2.55. The van der Waals surface area contributed by atoms with Gasteiger partial charge in [0.2, 0.25) is 0 Å². The minimum atomic E-state index is -0.494. The fourth-order valence-corrected chi connectivity index (χ4v) is 4.53. The number of nitrogens with one attached hydrogen (secondary N) is 1. The van der Waals surface area contributed by atoms with Crippen molar-refractivity contribution < 1.29 is 18.8 Å². The summed E-state index contributed by atoms with van der Waals surface area (Å²) in [5.41, 5.74) is 0.338. The van der Waals surface area contributed by atoms with Gasteiger partial charge in [-0.25, -0.2) is 4.79 Å². The van der Waals surface area contributed by atoms with Crippen LogP contribution in [-0.2, 0) is 16.0 Å². The maximum Gasteiger partial charge on any atom is 0.318 e. The van der Waals surface area contributed by atoms with Crippen LogP contribution in [0.15, 0.2) is 10.6 Å². The van der Waals surface area contributed by atoms with Gasteiger partial charge in [-0.15, -0.1) is 0 Å². The van der Waals surface area contributed by atoms with Crippen LogP contribution >= 0.6 is 0 Å². The Balaban J connectivity index is 1.70. The third-order valence-corrected chi connectivity index (χ3v) is 5.90. The number of carbonyl (C=O) groups is 2. The molecule has 0 bridgehead atoms. The highest BCUT2D eigenvalue weighted by molar-refractivity contribution is 5.78. The summed E-state index contributed by atoms with van der Waals surface area (Å²) in [5.74, 6) is 0.638. The normalized spacial score (nSPS) is 21.5. The first-order chi connectivity index (χ1) is 13.6. The Hall–Kier alpha value is -2.05. The SMILES string of the molecule is CCCc1cc(C2CCCN2C(=O)NC2(CC(=O)OCC)CCCCC2)no1. The van der Waals surface area contributed by atoms with E-state index in [1.54, 1.807) is 0 Å². The second-order valence-electron chi connectivity index (χ2n) is 8.07. The molecule has 156 valence electrons. The molecular formula is C21H33N3O4. The van der Waals surface area contributed by atoms with Gasteiger partial charge in [0.1, 0.15) is 11.5 Å².